The van der Waals surface area contributed by atoms with E-state index in [1.807, 2.05) is 13.8 Å². The molecule has 10 nitrogen and oxygen atoms in total. The van der Waals surface area contributed by atoms with Crippen LogP contribution in [0, 0.1) is 5.41 Å². The van der Waals surface area contributed by atoms with Gasteiger partial charge >= 0.3 is 0 Å². The number of aromatic nitrogens is 2. The van der Waals surface area contributed by atoms with Crippen molar-refractivity contribution in [3.63, 3.8) is 0 Å². The van der Waals surface area contributed by atoms with Crippen LogP contribution in [0.25, 0.3) is 0 Å². The summed E-state index contributed by atoms with van der Waals surface area (Å²) in [6, 6.07) is 5.27. The third kappa shape index (κ3) is 5.52. The van der Waals surface area contributed by atoms with Crippen LogP contribution in [0.15, 0.2) is 24.4 Å². The molecule has 2 unspecified atom stereocenters. The minimum Gasteiger partial charge on any atom is -0.495 e. The third-order valence-electron chi connectivity index (χ3n) is 8.35. The molecule has 0 saturated heterocycles. The van der Waals surface area contributed by atoms with E-state index < -0.39 is 11.5 Å². The van der Waals surface area contributed by atoms with Gasteiger partial charge in [0.05, 0.1) is 36.6 Å². The van der Waals surface area contributed by atoms with Gasteiger partial charge in [-0.2, -0.15) is 4.98 Å². The van der Waals surface area contributed by atoms with E-state index in [1.165, 1.54) is 12.8 Å². The quantitative estimate of drug-likeness (QED) is 0.507. The van der Waals surface area contributed by atoms with Gasteiger partial charge in [0.25, 0.3) is 5.91 Å². The summed E-state index contributed by atoms with van der Waals surface area (Å²) in [6.07, 6.45) is 9.15. The van der Waals surface area contributed by atoms with E-state index in [0.29, 0.717) is 47.6 Å². The van der Waals surface area contributed by atoms with Crippen molar-refractivity contribution in [2.75, 3.05) is 35.8 Å². The van der Waals surface area contributed by atoms with Gasteiger partial charge in [0, 0.05) is 25.2 Å². The molecule has 1 aromatic carbocycles. The summed E-state index contributed by atoms with van der Waals surface area (Å²) < 4.78 is 5.60. The minimum absolute atomic E-state index is 0.0461. The summed E-state index contributed by atoms with van der Waals surface area (Å²) in [4.78, 5) is 39.6. The zero-order valence-electron chi connectivity index (χ0n) is 23.4. The zero-order valence-corrected chi connectivity index (χ0v) is 23.4. The van der Waals surface area contributed by atoms with Gasteiger partial charge in [-0.3, -0.25) is 9.59 Å². The first-order chi connectivity index (χ1) is 18.7. The van der Waals surface area contributed by atoms with E-state index in [9.17, 15) is 14.7 Å². The van der Waals surface area contributed by atoms with Gasteiger partial charge in [0.15, 0.2) is 5.82 Å². The Labute approximate surface area is 230 Å². The van der Waals surface area contributed by atoms with Crippen molar-refractivity contribution in [2.45, 2.75) is 83.4 Å². The summed E-state index contributed by atoms with van der Waals surface area (Å²) >= 11 is 0. The van der Waals surface area contributed by atoms with Gasteiger partial charge in [-0.05, 0) is 57.7 Å². The molecule has 0 radical (unpaired) electrons. The number of aliphatic hydroxyl groups is 1. The largest absolute Gasteiger partial charge is 0.495 e. The van der Waals surface area contributed by atoms with E-state index in [-0.39, 0.29) is 17.9 Å². The molecule has 10 heteroatoms. The first-order valence-corrected chi connectivity index (χ1v) is 14.0. The number of nitrogens with zero attached hydrogens (tertiary/aromatic N) is 4. The van der Waals surface area contributed by atoms with Crippen LogP contribution in [0.5, 0.6) is 5.75 Å². The van der Waals surface area contributed by atoms with Crippen molar-refractivity contribution < 1.29 is 19.4 Å². The molecule has 2 heterocycles. The topological polar surface area (TPSA) is 120 Å². The molecule has 0 bridgehead atoms. The lowest BCUT2D eigenvalue weighted by Gasteiger charge is -2.34. The molecule has 2 fully saturated rings. The maximum absolute atomic E-state index is 13.2. The second-order valence-corrected chi connectivity index (χ2v) is 11.7. The molecule has 39 heavy (non-hydrogen) atoms. The fourth-order valence-corrected chi connectivity index (χ4v) is 6.11. The maximum atomic E-state index is 13.2. The number of hydrogen-bond donors (Lipinski definition) is 3. The highest BCUT2D eigenvalue weighted by atomic mass is 16.5. The predicted octanol–water partition coefficient (Wildman–Crippen LogP) is 4.01. The molecule has 3 aliphatic rings. The number of ether oxygens (including phenoxy) is 1. The van der Waals surface area contributed by atoms with Crippen LogP contribution in [0.2, 0.25) is 0 Å². The second kappa shape index (κ2) is 11.0. The number of carbonyl (C=O) groups is 2. The number of aliphatic hydroxyl groups excluding tert-OH is 1. The molecule has 2 amide bonds. The Morgan fingerprint density at radius 3 is 2.56 bits per heavy atom. The molecule has 1 aromatic heterocycles. The SMILES string of the molecule is COc1cc(C(=O)NC2CCCCC2O)ccc1Nc1ncc2c(n1)N(C1CCCC1)CC(C)(C)C(=O)N2C. The number of nitrogens with one attached hydrogen (secondary N) is 2. The van der Waals surface area contributed by atoms with E-state index >= 15 is 0 Å². The Morgan fingerprint density at radius 2 is 1.85 bits per heavy atom. The first-order valence-electron chi connectivity index (χ1n) is 14.0. The maximum Gasteiger partial charge on any atom is 0.251 e. The fraction of sp³-hybridized carbons (Fsp3) is 0.586. The number of amides is 2. The molecule has 0 spiro atoms. The number of hydrogen-bond acceptors (Lipinski definition) is 8. The van der Waals surface area contributed by atoms with Crippen LogP contribution < -0.4 is 25.2 Å². The molecule has 2 atom stereocenters. The number of benzene rings is 1. The normalized spacial score (nSPS) is 23.3. The average Bonchev–Trinajstić information content (AvgIpc) is 3.45. The lowest BCUT2D eigenvalue weighted by molar-refractivity contribution is -0.125. The number of methoxy groups -OCH3 is 1. The van der Waals surface area contributed by atoms with Gasteiger partial charge in [0.1, 0.15) is 11.4 Å². The van der Waals surface area contributed by atoms with Crippen molar-refractivity contribution in [1.29, 1.82) is 0 Å². The molecule has 2 aliphatic carbocycles. The summed E-state index contributed by atoms with van der Waals surface area (Å²) in [5, 5.41) is 16.5. The third-order valence-corrected chi connectivity index (χ3v) is 8.35. The average molecular weight is 537 g/mol. The van der Waals surface area contributed by atoms with Gasteiger partial charge in [-0.15, -0.1) is 0 Å². The van der Waals surface area contributed by atoms with Crippen LogP contribution in [-0.4, -0.2) is 65.8 Å². The molecule has 3 N–H and O–H groups in total. The molecule has 2 saturated carbocycles. The molecule has 2 aromatic rings. The Bertz CT molecular complexity index is 1230. The zero-order chi connectivity index (χ0) is 27.7. The Balaban J connectivity index is 1.40. The molecule has 210 valence electrons. The van der Waals surface area contributed by atoms with Crippen molar-refractivity contribution in [1.82, 2.24) is 15.3 Å². The van der Waals surface area contributed by atoms with Crippen molar-refractivity contribution in [3.8, 4) is 5.75 Å². The van der Waals surface area contributed by atoms with Crippen LogP contribution in [-0.2, 0) is 4.79 Å². The highest BCUT2D eigenvalue weighted by Crippen LogP contribution is 2.40. The monoisotopic (exact) mass is 536 g/mol. The van der Waals surface area contributed by atoms with Crippen molar-refractivity contribution >= 4 is 35.0 Å². The van der Waals surface area contributed by atoms with Crippen molar-refractivity contribution in [3.05, 3.63) is 30.0 Å². The number of rotatable bonds is 6. The van der Waals surface area contributed by atoms with Crippen molar-refractivity contribution in [2.24, 2.45) is 5.41 Å². The van der Waals surface area contributed by atoms with Crippen LogP contribution in [0.3, 0.4) is 0 Å². The summed E-state index contributed by atoms with van der Waals surface area (Å²) in [5.74, 6) is 1.42. The molecule has 1 aliphatic heterocycles. The molecular formula is C29H40N6O4. The van der Waals surface area contributed by atoms with Crippen LogP contribution in [0.1, 0.15) is 75.6 Å². The smallest absolute Gasteiger partial charge is 0.251 e. The lowest BCUT2D eigenvalue weighted by Crippen LogP contribution is -2.45. The standard InChI is InChI=1S/C29H40N6O4/c1-29(2)17-35(19-9-5-6-10-19)25-22(34(3)27(29)38)16-30-28(33-25)32-21-14-13-18(15-24(21)39-4)26(37)31-20-11-7-8-12-23(20)36/h13-16,19-20,23,36H,5-12,17H2,1-4H3,(H,31,37)(H,30,32,33). The summed E-state index contributed by atoms with van der Waals surface area (Å²) in [5.41, 5.74) is 1.22. The summed E-state index contributed by atoms with van der Waals surface area (Å²) in [6.45, 7) is 4.57. The van der Waals surface area contributed by atoms with Crippen LogP contribution >= 0.6 is 0 Å². The Hall–Kier alpha value is -3.40. The van der Waals surface area contributed by atoms with Gasteiger partial charge in [0.2, 0.25) is 11.9 Å². The second-order valence-electron chi connectivity index (χ2n) is 11.7. The highest BCUT2D eigenvalue weighted by molar-refractivity contribution is 6.01. The van der Waals surface area contributed by atoms with Gasteiger partial charge in [-0.1, -0.05) is 25.7 Å². The number of carbonyl (C=O) groups excluding carboxylic acids is 2. The molecule has 5 rings (SSSR count). The van der Waals surface area contributed by atoms with E-state index in [1.54, 1.807) is 43.5 Å². The minimum atomic E-state index is -0.557. The highest BCUT2D eigenvalue weighted by Gasteiger charge is 2.41. The summed E-state index contributed by atoms with van der Waals surface area (Å²) in [7, 11) is 3.34. The Kier molecular flexibility index (Phi) is 7.66. The van der Waals surface area contributed by atoms with Crippen LogP contribution in [0.4, 0.5) is 23.1 Å². The van der Waals surface area contributed by atoms with E-state index in [4.69, 9.17) is 9.72 Å². The number of anilines is 4. The first kappa shape index (κ1) is 27.2. The predicted molar refractivity (Wildman–Crippen MR) is 151 cm³/mol. The van der Waals surface area contributed by atoms with Gasteiger partial charge < -0.3 is 30.3 Å². The lowest BCUT2D eigenvalue weighted by atomic mass is 9.91. The molecular weight excluding hydrogens is 496 g/mol. The fourth-order valence-electron chi connectivity index (χ4n) is 6.11. The van der Waals surface area contributed by atoms with Gasteiger partial charge in [-0.25, -0.2) is 4.98 Å². The Morgan fingerprint density at radius 1 is 1.13 bits per heavy atom. The number of fused-ring (bicyclic) bond motifs is 1. The van der Waals surface area contributed by atoms with E-state index in [2.05, 4.69) is 20.5 Å². The van der Waals surface area contributed by atoms with E-state index in [0.717, 1.165) is 37.9 Å².